The van der Waals surface area contributed by atoms with Gasteiger partial charge in [-0.05, 0) is 51.0 Å². The summed E-state index contributed by atoms with van der Waals surface area (Å²) in [6, 6.07) is 11.1. The maximum absolute atomic E-state index is 12.1. The molecule has 1 saturated carbocycles. The molecule has 0 unspecified atom stereocenters. The molecular weight excluding hydrogens is 314 g/mol. The van der Waals surface area contributed by atoms with E-state index in [9.17, 15) is 9.90 Å². The maximum Gasteiger partial charge on any atom is 0.315 e. The van der Waals surface area contributed by atoms with Crippen LogP contribution in [0.4, 0.5) is 4.79 Å². The Hall–Kier alpha value is -1.59. The van der Waals surface area contributed by atoms with Gasteiger partial charge in [0.1, 0.15) is 0 Å². The Morgan fingerprint density at radius 3 is 2.72 bits per heavy atom. The number of likely N-dealkylation sites (tertiary alicyclic amines) is 1. The largest absolute Gasteiger partial charge is 0.390 e. The van der Waals surface area contributed by atoms with Gasteiger partial charge in [0, 0.05) is 31.7 Å². The average molecular weight is 345 g/mol. The number of carbonyl (C=O) groups excluding carboxylic acids is 1. The molecule has 1 aromatic carbocycles. The van der Waals surface area contributed by atoms with Gasteiger partial charge < -0.3 is 15.7 Å². The van der Waals surface area contributed by atoms with E-state index in [-0.39, 0.29) is 12.1 Å². The molecule has 2 fully saturated rings. The summed E-state index contributed by atoms with van der Waals surface area (Å²) in [5.41, 5.74) is 0.817. The Morgan fingerprint density at radius 2 is 2.08 bits per heavy atom. The number of hydrogen-bond acceptors (Lipinski definition) is 3. The van der Waals surface area contributed by atoms with Crippen LogP contribution in [0, 0.1) is 0 Å². The zero-order valence-corrected chi connectivity index (χ0v) is 15.2. The molecule has 0 spiro atoms. The number of hydrogen-bond donors (Lipinski definition) is 3. The van der Waals surface area contributed by atoms with Crippen LogP contribution in [-0.4, -0.2) is 46.8 Å². The Kier molecular flexibility index (Phi) is 5.97. The third kappa shape index (κ3) is 5.19. The van der Waals surface area contributed by atoms with Crippen molar-refractivity contribution in [3.05, 3.63) is 35.9 Å². The van der Waals surface area contributed by atoms with E-state index >= 15 is 0 Å². The number of piperidine rings is 1. The van der Waals surface area contributed by atoms with Crippen LogP contribution in [0.2, 0.25) is 0 Å². The van der Waals surface area contributed by atoms with Crippen LogP contribution >= 0.6 is 0 Å². The SMILES string of the molecule is C[C@@H]1C[C@H](NC(=O)NCCC2(O)CCC2)CCN1Cc1ccccc1. The molecule has 2 aliphatic rings. The molecule has 2 amide bonds. The zero-order chi connectivity index (χ0) is 17.7. The van der Waals surface area contributed by atoms with Crippen LogP contribution in [-0.2, 0) is 6.54 Å². The van der Waals surface area contributed by atoms with Gasteiger partial charge >= 0.3 is 6.03 Å². The van der Waals surface area contributed by atoms with Gasteiger partial charge in [0.15, 0.2) is 0 Å². The van der Waals surface area contributed by atoms with E-state index in [2.05, 4.69) is 46.7 Å². The van der Waals surface area contributed by atoms with Gasteiger partial charge in [0.2, 0.25) is 0 Å². The number of nitrogens with one attached hydrogen (secondary N) is 2. The number of urea groups is 1. The number of carbonyl (C=O) groups is 1. The van der Waals surface area contributed by atoms with Gasteiger partial charge in [-0.25, -0.2) is 4.79 Å². The van der Waals surface area contributed by atoms with Crippen molar-refractivity contribution in [3.8, 4) is 0 Å². The number of amides is 2. The summed E-state index contributed by atoms with van der Waals surface area (Å²) in [5, 5.41) is 16.0. The van der Waals surface area contributed by atoms with Crippen LogP contribution in [0.25, 0.3) is 0 Å². The van der Waals surface area contributed by atoms with E-state index in [1.165, 1.54) is 5.56 Å². The van der Waals surface area contributed by atoms with E-state index in [0.717, 1.165) is 45.2 Å². The molecule has 1 aromatic rings. The average Bonchev–Trinajstić information content (AvgIpc) is 2.57. The molecule has 1 heterocycles. The van der Waals surface area contributed by atoms with Crippen LogP contribution < -0.4 is 10.6 Å². The summed E-state index contributed by atoms with van der Waals surface area (Å²) >= 11 is 0. The van der Waals surface area contributed by atoms with Gasteiger partial charge in [0.25, 0.3) is 0 Å². The summed E-state index contributed by atoms with van der Waals surface area (Å²) in [5.74, 6) is 0. The van der Waals surface area contributed by atoms with Crippen LogP contribution in [0.15, 0.2) is 30.3 Å². The highest BCUT2D eigenvalue weighted by molar-refractivity contribution is 5.74. The van der Waals surface area contributed by atoms with Crippen molar-refractivity contribution >= 4 is 6.03 Å². The zero-order valence-electron chi connectivity index (χ0n) is 15.2. The van der Waals surface area contributed by atoms with Crippen LogP contribution in [0.1, 0.15) is 51.0 Å². The lowest BCUT2D eigenvalue weighted by Crippen LogP contribution is -2.51. The summed E-state index contributed by atoms with van der Waals surface area (Å²) in [6.45, 7) is 4.76. The van der Waals surface area contributed by atoms with Gasteiger partial charge in [-0.15, -0.1) is 0 Å². The Morgan fingerprint density at radius 1 is 1.32 bits per heavy atom. The summed E-state index contributed by atoms with van der Waals surface area (Å²) < 4.78 is 0. The van der Waals surface area contributed by atoms with E-state index in [1.54, 1.807) is 0 Å². The maximum atomic E-state index is 12.1. The first-order valence-electron chi connectivity index (χ1n) is 9.59. The fraction of sp³-hybridized carbons (Fsp3) is 0.650. The number of aliphatic hydroxyl groups is 1. The highest BCUT2D eigenvalue weighted by Crippen LogP contribution is 2.34. The molecule has 138 valence electrons. The molecule has 3 N–H and O–H groups in total. The lowest BCUT2D eigenvalue weighted by molar-refractivity contribution is -0.0389. The Bertz CT molecular complexity index is 559. The lowest BCUT2D eigenvalue weighted by Gasteiger charge is -2.38. The second-order valence-electron chi connectivity index (χ2n) is 7.75. The normalized spacial score (nSPS) is 25.8. The molecule has 3 rings (SSSR count). The molecule has 1 aliphatic carbocycles. The predicted octanol–water partition coefficient (Wildman–Crippen LogP) is 2.64. The van der Waals surface area contributed by atoms with E-state index in [4.69, 9.17) is 0 Å². The first-order chi connectivity index (χ1) is 12.0. The van der Waals surface area contributed by atoms with Crippen molar-refractivity contribution < 1.29 is 9.90 Å². The van der Waals surface area contributed by atoms with E-state index in [0.29, 0.717) is 19.0 Å². The lowest BCUT2D eigenvalue weighted by atomic mass is 9.78. The first-order valence-corrected chi connectivity index (χ1v) is 9.59. The van der Waals surface area contributed by atoms with Gasteiger partial charge in [-0.2, -0.15) is 0 Å². The highest BCUT2D eigenvalue weighted by atomic mass is 16.3. The molecule has 5 heteroatoms. The highest BCUT2D eigenvalue weighted by Gasteiger charge is 2.33. The van der Waals surface area contributed by atoms with Gasteiger partial charge in [0.05, 0.1) is 5.60 Å². The first kappa shape index (κ1) is 18.2. The molecule has 2 atom stereocenters. The molecule has 0 bridgehead atoms. The molecule has 0 aromatic heterocycles. The van der Waals surface area contributed by atoms with Crippen molar-refractivity contribution in [2.75, 3.05) is 13.1 Å². The minimum Gasteiger partial charge on any atom is -0.390 e. The van der Waals surface area contributed by atoms with Crippen LogP contribution in [0.5, 0.6) is 0 Å². The molecule has 1 aliphatic heterocycles. The van der Waals surface area contributed by atoms with Crippen molar-refractivity contribution in [1.82, 2.24) is 15.5 Å². The van der Waals surface area contributed by atoms with E-state index in [1.807, 2.05) is 6.07 Å². The molecule has 0 radical (unpaired) electrons. The van der Waals surface area contributed by atoms with Gasteiger partial charge in [-0.1, -0.05) is 30.3 Å². The topological polar surface area (TPSA) is 64.6 Å². The Labute approximate surface area is 150 Å². The quantitative estimate of drug-likeness (QED) is 0.743. The fourth-order valence-electron chi connectivity index (χ4n) is 3.88. The standard InChI is InChI=1S/C20H31N3O2/c1-16-14-18(8-13-23(16)15-17-6-3-2-4-7-17)22-19(24)21-12-11-20(25)9-5-10-20/h2-4,6-7,16,18,25H,5,8-15H2,1H3,(H2,21,22,24)/t16-,18-/m1/s1. The van der Waals surface area contributed by atoms with E-state index < -0.39 is 5.60 Å². The van der Waals surface area contributed by atoms with Gasteiger partial charge in [-0.3, -0.25) is 4.90 Å². The number of nitrogens with zero attached hydrogens (tertiary/aromatic N) is 1. The summed E-state index contributed by atoms with van der Waals surface area (Å²) in [4.78, 5) is 14.5. The molecule has 25 heavy (non-hydrogen) atoms. The van der Waals surface area contributed by atoms with Crippen molar-refractivity contribution in [3.63, 3.8) is 0 Å². The third-order valence-electron chi connectivity index (χ3n) is 5.74. The minimum absolute atomic E-state index is 0.100. The van der Waals surface area contributed by atoms with Crippen molar-refractivity contribution in [1.29, 1.82) is 0 Å². The second-order valence-corrected chi connectivity index (χ2v) is 7.75. The molecule has 1 saturated heterocycles. The smallest absolute Gasteiger partial charge is 0.315 e. The summed E-state index contributed by atoms with van der Waals surface area (Å²) in [7, 11) is 0. The van der Waals surface area contributed by atoms with Crippen molar-refractivity contribution in [2.24, 2.45) is 0 Å². The minimum atomic E-state index is -0.523. The predicted molar refractivity (Wildman–Crippen MR) is 99.3 cm³/mol. The third-order valence-corrected chi connectivity index (χ3v) is 5.74. The monoisotopic (exact) mass is 345 g/mol. The van der Waals surface area contributed by atoms with Crippen molar-refractivity contribution in [2.45, 2.75) is 69.7 Å². The second kappa shape index (κ2) is 8.19. The number of benzene rings is 1. The number of rotatable bonds is 6. The van der Waals surface area contributed by atoms with Crippen LogP contribution in [0.3, 0.4) is 0 Å². The summed E-state index contributed by atoms with van der Waals surface area (Å²) in [6.07, 6.45) is 5.45. The molecule has 5 nitrogen and oxygen atoms in total. The molecular formula is C20H31N3O2. The fourth-order valence-corrected chi connectivity index (χ4v) is 3.88. The Balaban J connectivity index is 1.36.